The molecule has 0 amide bonds. The third-order valence-corrected chi connectivity index (χ3v) is 5.82. The second-order valence-electron chi connectivity index (χ2n) is 7.03. The molecule has 2 rings (SSSR count). The van der Waals surface area contributed by atoms with Gasteiger partial charge in [-0.1, -0.05) is 32.6 Å². The molecule has 0 radical (unpaired) electrons. The summed E-state index contributed by atoms with van der Waals surface area (Å²) < 4.78 is 4.95. The molecule has 0 aromatic heterocycles. The van der Waals surface area contributed by atoms with Gasteiger partial charge >= 0.3 is 5.97 Å². The van der Waals surface area contributed by atoms with Gasteiger partial charge in [0, 0.05) is 0 Å². The smallest absolute Gasteiger partial charge is 0.311 e. The Kier molecular flexibility index (Phi) is 5.11. The summed E-state index contributed by atoms with van der Waals surface area (Å²) >= 11 is 0. The molecule has 2 fully saturated rings. The molecule has 3 heteroatoms. The number of hydrogen-bond acceptors (Lipinski definition) is 3. The van der Waals surface area contributed by atoms with Gasteiger partial charge in [-0.05, 0) is 50.4 Å². The van der Waals surface area contributed by atoms with Gasteiger partial charge < -0.3 is 9.84 Å². The number of methoxy groups -OCH3 is 1. The minimum absolute atomic E-state index is 0.219. The first-order chi connectivity index (χ1) is 9.55. The van der Waals surface area contributed by atoms with Crippen molar-refractivity contribution in [2.24, 2.45) is 11.3 Å². The standard InChI is InChI=1S/C17H30O3/c1-3-4-7-14(15(18)20-2)17(19)12-10-16(11-13-17)8-5-6-9-16/h14,19H,3-13H2,1-2H3. The summed E-state index contributed by atoms with van der Waals surface area (Å²) in [5, 5.41) is 11.0. The maximum atomic E-state index is 12.1. The van der Waals surface area contributed by atoms with Crippen molar-refractivity contribution in [1.29, 1.82) is 0 Å². The normalized spacial score (nSPS) is 25.6. The van der Waals surface area contributed by atoms with E-state index in [1.54, 1.807) is 0 Å². The summed E-state index contributed by atoms with van der Waals surface area (Å²) in [6.07, 6.45) is 11.8. The second-order valence-corrected chi connectivity index (χ2v) is 7.03. The van der Waals surface area contributed by atoms with Crippen molar-refractivity contribution >= 4 is 5.97 Å². The van der Waals surface area contributed by atoms with Crippen LogP contribution in [0.15, 0.2) is 0 Å². The Balaban J connectivity index is 2.02. The molecular formula is C17H30O3. The highest BCUT2D eigenvalue weighted by atomic mass is 16.5. The molecule has 0 heterocycles. The van der Waals surface area contributed by atoms with Gasteiger partial charge in [0.05, 0.1) is 18.6 Å². The van der Waals surface area contributed by atoms with Gasteiger partial charge in [0.15, 0.2) is 0 Å². The Bertz CT molecular complexity index is 321. The average Bonchev–Trinajstić information content (AvgIpc) is 2.91. The summed E-state index contributed by atoms with van der Waals surface area (Å²) in [7, 11) is 1.44. The number of rotatable bonds is 5. The van der Waals surface area contributed by atoms with E-state index in [1.165, 1.54) is 32.8 Å². The van der Waals surface area contributed by atoms with E-state index in [9.17, 15) is 9.90 Å². The highest BCUT2D eigenvalue weighted by Gasteiger charge is 2.48. The minimum Gasteiger partial charge on any atom is -0.469 e. The molecule has 0 bridgehead atoms. The Morgan fingerprint density at radius 3 is 2.25 bits per heavy atom. The minimum atomic E-state index is -0.823. The second kappa shape index (κ2) is 6.46. The van der Waals surface area contributed by atoms with Gasteiger partial charge in [-0.15, -0.1) is 0 Å². The van der Waals surface area contributed by atoms with E-state index in [4.69, 9.17) is 4.74 Å². The van der Waals surface area contributed by atoms with Gasteiger partial charge in [-0.3, -0.25) is 4.79 Å². The molecule has 20 heavy (non-hydrogen) atoms. The molecule has 0 aliphatic heterocycles. The molecule has 116 valence electrons. The van der Waals surface area contributed by atoms with Crippen LogP contribution in [0.1, 0.15) is 77.6 Å². The van der Waals surface area contributed by atoms with Crippen molar-refractivity contribution in [3.63, 3.8) is 0 Å². The summed E-state index contributed by atoms with van der Waals surface area (Å²) in [4.78, 5) is 12.1. The largest absolute Gasteiger partial charge is 0.469 e. The van der Waals surface area contributed by atoms with E-state index in [0.717, 1.165) is 44.9 Å². The van der Waals surface area contributed by atoms with Crippen LogP contribution in [0.5, 0.6) is 0 Å². The van der Waals surface area contributed by atoms with Crippen molar-refractivity contribution in [2.75, 3.05) is 7.11 Å². The zero-order valence-corrected chi connectivity index (χ0v) is 13.1. The van der Waals surface area contributed by atoms with E-state index in [0.29, 0.717) is 5.41 Å². The van der Waals surface area contributed by atoms with E-state index in [2.05, 4.69) is 6.92 Å². The summed E-state index contributed by atoms with van der Waals surface area (Å²) in [5.74, 6) is -0.547. The Labute approximate surface area is 123 Å². The third kappa shape index (κ3) is 3.19. The van der Waals surface area contributed by atoms with Crippen molar-refractivity contribution in [1.82, 2.24) is 0 Å². The maximum absolute atomic E-state index is 12.1. The first-order valence-electron chi connectivity index (χ1n) is 8.35. The number of carbonyl (C=O) groups excluding carboxylic acids is 1. The lowest BCUT2D eigenvalue weighted by Crippen LogP contribution is -2.47. The number of carbonyl (C=O) groups is 1. The van der Waals surface area contributed by atoms with Crippen molar-refractivity contribution < 1.29 is 14.6 Å². The van der Waals surface area contributed by atoms with Crippen LogP contribution in [0.4, 0.5) is 0 Å². The lowest BCUT2D eigenvalue weighted by atomic mass is 9.63. The molecule has 2 saturated carbocycles. The number of aliphatic hydroxyl groups is 1. The van der Waals surface area contributed by atoms with Gasteiger partial charge in [0.25, 0.3) is 0 Å². The van der Waals surface area contributed by atoms with Gasteiger partial charge in [0.1, 0.15) is 0 Å². The molecular weight excluding hydrogens is 252 g/mol. The molecule has 0 aromatic rings. The fourth-order valence-electron chi connectivity index (χ4n) is 4.34. The van der Waals surface area contributed by atoms with Crippen LogP contribution in [0.2, 0.25) is 0 Å². The number of ether oxygens (including phenoxy) is 1. The first-order valence-corrected chi connectivity index (χ1v) is 8.35. The predicted octanol–water partition coefficient (Wildman–Crippen LogP) is 3.83. The molecule has 2 aliphatic carbocycles. The highest BCUT2D eigenvalue weighted by molar-refractivity contribution is 5.73. The quantitative estimate of drug-likeness (QED) is 0.779. The molecule has 0 saturated heterocycles. The number of hydrogen-bond donors (Lipinski definition) is 1. The van der Waals surface area contributed by atoms with E-state index >= 15 is 0 Å². The Morgan fingerprint density at radius 2 is 1.75 bits per heavy atom. The van der Waals surface area contributed by atoms with Crippen LogP contribution < -0.4 is 0 Å². The predicted molar refractivity (Wildman–Crippen MR) is 79.3 cm³/mol. The zero-order valence-electron chi connectivity index (χ0n) is 13.1. The molecule has 1 atom stereocenters. The molecule has 1 spiro atoms. The number of unbranched alkanes of at least 4 members (excludes halogenated alkanes) is 1. The van der Waals surface area contributed by atoms with Crippen LogP contribution >= 0.6 is 0 Å². The fourth-order valence-corrected chi connectivity index (χ4v) is 4.34. The van der Waals surface area contributed by atoms with Crippen LogP contribution in [0.3, 0.4) is 0 Å². The fraction of sp³-hybridized carbons (Fsp3) is 0.941. The van der Waals surface area contributed by atoms with Gasteiger partial charge in [0.2, 0.25) is 0 Å². The lowest BCUT2D eigenvalue weighted by molar-refractivity contribution is -0.161. The monoisotopic (exact) mass is 282 g/mol. The van der Waals surface area contributed by atoms with Crippen molar-refractivity contribution in [3.8, 4) is 0 Å². The van der Waals surface area contributed by atoms with E-state index < -0.39 is 5.60 Å². The van der Waals surface area contributed by atoms with Gasteiger partial charge in [-0.2, -0.15) is 0 Å². The molecule has 3 nitrogen and oxygen atoms in total. The molecule has 1 N–H and O–H groups in total. The topological polar surface area (TPSA) is 46.5 Å². The highest BCUT2D eigenvalue weighted by Crippen LogP contribution is 2.53. The number of esters is 1. The van der Waals surface area contributed by atoms with Gasteiger partial charge in [-0.25, -0.2) is 0 Å². The van der Waals surface area contributed by atoms with Crippen molar-refractivity contribution in [3.05, 3.63) is 0 Å². The molecule has 0 aromatic carbocycles. The Hall–Kier alpha value is -0.570. The summed E-state index contributed by atoms with van der Waals surface area (Å²) in [6.45, 7) is 2.12. The SMILES string of the molecule is CCCCC(C(=O)OC)C1(O)CCC2(CCCC2)CC1. The summed E-state index contributed by atoms with van der Waals surface area (Å²) in [6, 6.07) is 0. The van der Waals surface area contributed by atoms with E-state index in [-0.39, 0.29) is 11.9 Å². The molecule has 2 aliphatic rings. The van der Waals surface area contributed by atoms with Crippen LogP contribution in [-0.4, -0.2) is 23.8 Å². The van der Waals surface area contributed by atoms with Crippen LogP contribution in [0, 0.1) is 11.3 Å². The maximum Gasteiger partial charge on any atom is 0.311 e. The lowest BCUT2D eigenvalue weighted by Gasteiger charge is -2.45. The zero-order chi connectivity index (χ0) is 14.6. The summed E-state index contributed by atoms with van der Waals surface area (Å²) in [5.41, 5.74) is -0.340. The van der Waals surface area contributed by atoms with Crippen LogP contribution in [0.25, 0.3) is 0 Å². The Morgan fingerprint density at radius 1 is 1.15 bits per heavy atom. The van der Waals surface area contributed by atoms with E-state index in [1.807, 2.05) is 0 Å². The first kappa shape index (κ1) is 15.8. The third-order valence-electron chi connectivity index (χ3n) is 5.82. The average molecular weight is 282 g/mol. The van der Waals surface area contributed by atoms with Crippen LogP contribution in [-0.2, 0) is 9.53 Å². The molecule has 1 unspecified atom stereocenters. The van der Waals surface area contributed by atoms with Crippen molar-refractivity contribution in [2.45, 2.75) is 83.2 Å².